The van der Waals surface area contributed by atoms with Gasteiger partial charge < -0.3 is 9.52 Å². The number of nitrogens with zero attached hydrogens (tertiary/aromatic N) is 2. The first kappa shape index (κ1) is 15.2. The van der Waals surface area contributed by atoms with Gasteiger partial charge in [-0.3, -0.25) is 25.0 Å². The Kier molecular flexibility index (Phi) is 3.45. The molecule has 1 aromatic heterocycles. The fourth-order valence-electron chi connectivity index (χ4n) is 2.27. The molecule has 0 spiro atoms. The number of nitro groups is 2. The van der Waals surface area contributed by atoms with E-state index in [-0.39, 0.29) is 22.4 Å². The van der Waals surface area contributed by atoms with E-state index in [0.717, 1.165) is 18.2 Å². The van der Waals surface area contributed by atoms with Gasteiger partial charge in [0, 0.05) is 29.8 Å². The zero-order chi connectivity index (χ0) is 17.4. The Morgan fingerprint density at radius 1 is 0.958 bits per heavy atom. The maximum atomic E-state index is 12.2. The van der Waals surface area contributed by atoms with Gasteiger partial charge in [0.25, 0.3) is 5.69 Å². The van der Waals surface area contributed by atoms with Crippen molar-refractivity contribution in [3.05, 3.63) is 72.9 Å². The van der Waals surface area contributed by atoms with E-state index in [1.54, 1.807) is 0 Å². The summed E-state index contributed by atoms with van der Waals surface area (Å²) in [6.07, 6.45) is 0. The molecule has 3 aromatic rings. The van der Waals surface area contributed by atoms with Crippen LogP contribution in [0.1, 0.15) is 0 Å². The Morgan fingerprint density at radius 2 is 1.62 bits per heavy atom. The zero-order valence-electron chi connectivity index (χ0n) is 11.8. The van der Waals surface area contributed by atoms with Crippen LogP contribution in [0.2, 0.25) is 0 Å². The molecule has 1 N–H and O–H groups in total. The van der Waals surface area contributed by atoms with E-state index in [0.29, 0.717) is 5.56 Å². The number of rotatable bonds is 3. The summed E-state index contributed by atoms with van der Waals surface area (Å²) >= 11 is 0. The highest BCUT2D eigenvalue weighted by Gasteiger charge is 2.21. The fourth-order valence-corrected chi connectivity index (χ4v) is 2.27. The highest BCUT2D eigenvalue weighted by atomic mass is 16.6. The number of benzene rings is 2. The van der Waals surface area contributed by atoms with Crippen molar-refractivity contribution in [2.75, 3.05) is 0 Å². The summed E-state index contributed by atoms with van der Waals surface area (Å²) in [6.45, 7) is 0. The Morgan fingerprint density at radius 3 is 2.21 bits per heavy atom. The third kappa shape index (κ3) is 2.43. The van der Waals surface area contributed by atoms with E-state index >= 15 is 0 Å². The van der Waals surface area contributed by atoms with Gasteiger partial charge >= 0.3 is 5.69 Å². The Balaban J connectivity index is 2.27. The Hall–Kier alpha value is -3.75. The van der Waals surface area contributed by atoms with Crippen molar-refractivity contribution in [1.82, 2.24) is 0 Å². The van der Waals surface area contributed by atoms with Crippen molar-refractivity contribution in [2.24, 2.45) is 0 Å². The van der Waals surface area contributed by atoms with Crippen LogP contribution in [-0.2, 0) is 0 Å². The summed E-state index contributed by atoms with van der Waals surface area (Å²) in [4.78, 5) is 32.6. The molecule has 3 rings (SSSR count). The fraction of sp³-hybridized carbons (Fsp3) is 0. The summed E-state index contributed by atoms with van der Waals surface area (Å²) in [5, 5.41) is 31.2. The van der Waals surface area contributed by atoms with E-state index in [4.69, 9.17) is 4.42 Å². The van der Waals surface area contributed by atoms with Crippen LogP contribution in [0.5, 0.6) is 5.75 Å². The highest BCUT2D eigenvalue weighted by Crippen LogP contribution is 2.33. The van der Waals surface area contributed by atoms with Crippen molar-refractivity contribution in [2.45, 2.75) is 0 Å². The van der Waals surface area contributed by atoms with Crippen LogP contribution in [0.15, 0.2) is 51.7 Å². The van der Waals surface area contributed by atoms with Gasteiger partial charge in [0.05, 0.1) is 9.85 Å². The minimum Gasteiger partial charge on any atom is -0.507 e. The quantitative estimate of drug-likeness (QED) is 0.576. The van der Waals surface area contributed by atoms with Crippen LogP contribution in [0.25, 0.3) is 22.3 Å². The van der Waals surface area contributed by atoms with Crippen molar-refractivity contribution in [1.29, 1.82) is 0 Å². The summed E-state index contributed by atoms with van der Waals surface area (Å²) in [6, 6.07) is 8.29. The third-order valence-electron chi connectivity index (χ3n) is 3.39. The molecule has 1 heterocycles. The predicted octanol–water partition coefficient (Wildman–Crippen LogP) is 2.98. The molecule has 0 aliphatic carbocycles. The summed E-state index contributed by atoms with van der Waals surface area (Å²) in [5.74, 6) is -0.435. The molecule has 0 atom stereocenters. The SMILES string of the molecule is O=c1cc(-c2ccc([N+](=O)[O-])cc2)oc2c([N+](=O)[O-])ccc(O)c12. The van der Waals surface area contributed by atoms with Gasteiger partial charge in [-0.15, -0.1) is 0 Å². The molecule has 0 aliphatic rings. The molecule has 0 fully saturated rings. The van der Waals surface area contributed by atoms with Gasteiger partial charge in [-0.1, -0.05) is 0 Å². The Bertz CT molecular complexity index is 1040. The van der Waals surface area contributed by atoms with Gasteiger partial charge in [0.1, 0.15) is 16.9 Å². The van der Waals surface area contributed by atoms with E-state index in [2.05, 4.69) is 0 Å². The second-order valence-corrected chi connectivity index (χ2v) is 4.84. The lowest BCUT2D eigenvalue weighted by atomic mass is 10.1. The van der Waals surface area contributed by atoms with Crippen LogP contribution in [0.3, 0.4) is 0 Å². The maximum Gasteiger partial charge on any atom is 0.312 e. The molecular formula is C15H8N2O7. The van der Waals surface area contributed by atoms with Gasteiger partial charge in [0.15, 0.2) is 5.43 Å². The third-order valence-corrected chi connectivity index (χ3v) is 3.39. The van der Waals surface area contributed by atoms with Gasteiger partial charge in [0.2, 0.25) is 5.58 Å². The lowest BCUT2D eigenvalue weighted by Gasteiger charge is -2.05. The molecule has 0 radical (unpaired) electrons. The molecule has 120 valence electrons. The molecule has 2 aromatic carbocycles. The largest absolute Gasteiger partial charge is 0.507 e. The second-order valence-electron chi connectivity index (χ2n) is 4.84. The molecule has 9 nitrogen and oxygen atoms in total. The normalized spacial score (nSPS) is 10.7. The van der Waals surface area contributed by atoms with Crippen LogP contribution < -0.4 is 5.43 Å². The second kappa shape index (κ2) is 5.47. The predicted molar refractivity (Wildman–Crippen MR) is 82.9 cm³/mol. The molecule has 0 amide bonds. The first-order chi connectivity index (χ1) is 11.4. The monoisotopic (exact) mass is 328 g/mol. The summed E-state index contributed by atoms with van der Waals surface area (Å²) in [5.41, 5.74) is -1.31. The van der Waals surface area contributed by atoms with Gasteiger partial charge in [-0.25, -0.2) is 0 Å². The van der Waals surface area contributed by atoms with E-state index in [9.17, 15) is 30.1 Å². The number of phenolic OH excluding ortho intramolecular Hbond substituents is 1. The molecule has 0 unspecified atom stereocenters. The van der Waals surface area contributed by atoms with E-state index in [1.807, 2.05) is 0 Å². The number of aromatic hydroxyl groups is 1. The molecule has 24 heavy (non-hydrogen) atoms. The lowest BCUT2D eigenvalue weighted by molar-refractivity contribution is -0.384. The number of fused-ring (bicyclic) bond motifs is 1. The zero-order valence-corrected chi connectivity index (χ0v) is 11.8. The minimum absolute atomic E-state index is 0.00361. The van der Waals surface area contributed by atoms with Crippen molar-refractivity contribution in [3.63, 3.8) is 0 Å². The van der Waals surface area contributed by atoms with Gasteiger partial charge in [-0.2, -0.15) is 0 Å². The standard InChI is InChI=1S/C15H8N2O7/c18-11-6-5-10(17(22)23)15-14(11)12(19)7-13(24-15)8-1-3-9(4-2-8)16(20)21/h1-7,18H. The topological polar surface area (TPSA) is 137 Å². The van der Waals surface area contributed by atoms with E-state index in [1.165, 1.54) is 24.3 Å². The molecule has 9 heteroatoms. The van der Waals surface area contributed by atoms with Crippen molar-refractivity contribution in [3.8, 4) is 17.1 Å². The van der Waals surface area contributed by atoms with Gasteiger partial charge in [-0.05, 0) is 18.2 Å². The molecule has 0 saturated heterocycles. The number of non-ortho nitro benzene ring substituents is 2. The van der Waals surface area contributed by atoms with Crippen LogP contribution in [-0.4, -0.2) is 15.0 Å². The smallest absolute Gasteiger partial charge is 0.312 e. The maximum absolute atomic E-state index is 12.2. The summed E-state index contributed by atoms with van der Waals surface area (Å²) < 4.78 is 5.43. The van der Waals surface area contributed by atoms with E-state index < -0.39 is 26.7 Å². The number of hydrogen-bond acceptors (Lipinski definition) is 7. The summed E-state index contributed by atoms with van der Waals surface area (Å²) in [7, 11) is 0. The molecule has 0 bridgehead atoms. The Labute approximate surface area is 132 Å². The molecule has 0 saturated carbocycles. The van der Waals surface area contributed by atoms with Crippen LogP contribution in [0, 0.1) is 20.2 Å². The molecule has 0 aliphatic heterocycles. The first-order valence-corrected chi connectivity index (χ1v) is 6.57. The number of nitro benzene ring substituents is 2. The number of phenols is 1. The van der Waals surface area contributed by atoms with Crippen LogP contribution in [0.4, 0.5) is 11.4 Å². The number of hydrogen-bond donors (Lipinski definition) is 1. The minimum atomic E-state index is -0.732. The van der Waals surface area contributed by atoms with Crippen LogP contribution >= 0.6 is 0 Å². The average Bonchev–Trinajstić information content (AvgIpc) is 2.54. The highest BCUT2D eigenvalue weighted by molar-refractivity contribution is 5.91. The van der Waals surface area contributed by atoms with Crippen molar-refractivity contribution < 1.29 is 19.4 Å². The first-order valence-electron chi connectivity index (χ1n) is 6.57. The lowest BCUT2D eigenvalue weighted by Crippen LogP contribution is -2.02. The molecular weight excluding hydrogens is 320 g/mol. The van der Waals surface area contributed by atoms with Crippen molar-refractivity contribution >= 4 is 22.3 Å². The average molecular weight is 328 g/mol.